The second-order valence-electron chi connectivity index (χ2n) is 7.08. The van der Waals surface area contributed by atoms with E-state index in [0.29, 0.717) is 50.1 Å². The van der Waals surface area contributed by atoms with Gasteiger partial charge in [0.25, 0.3) is 5.56 Å². The normalized spacial score (nSPS) is 12.5. The molecule has 5 rings (SSSR count). The Kier molecular flexibility index (Phi) is 5.43. The lowest BCUT2D eigenvalue weighted by atomic mass is 10.1. The van der Waals surface area contributed by atoms with Gasteiger partial charge in [0.2, 0.25) is 5.95 Å². The molecule has 0 amide bonds. The van der Waals surface area contributed by atoms with Crippen molar-refractivity contribution in [3.05, 3.63) is 55.2 Å². The first-order valence-corrected chi connectivity index (χ1v) is 11.3. The van der Waals surface area contributed by atoms with Crippen molar-refractivity contribution in [3.63, 3.8) is 0 Å². The number of rotatable bonds is 5. The minimum atomic E-state index is -0.486. The van der Waals surface area contributed by atoms with Gasteiger partial charge in [-0.1, -0.05) is 30.1 Å². The highest BCUT2D eigenvalue weighted by atomic mass is 79.9. The van der Waals surface area contributed by atoms with E-state index in [1.165, 1.54) is 4.57 Å². The van der Waals surface area contributed by atoms with Crippen LogP contribution in [0.2, 0.25) is 10.0 Å². The van der Waals surface area contributed by atoms with Gasteiger partial charge in [-0.05, 0) is 34.5 Å². The van der Waals surface area contributed by atoms with Crippen molar-refractivity contribution >= 4 is 72.8 Å². The molecular weight excluding hydrogens is 535 g/mol. The molecule has 0 saturated heterocycles. The molecule has 168 valence electrons. The minimum Gasteiger partial charge on any atom is -0.368 e. The van der Waals surface area contributed by atoms with Crippen molar-refractivity contribution in [2.75, 3.05) is 11.1 Å². The summed E-state index contributed by atoms with van der Waals surface area (Å²) in [5.74, 6) is 1.28. The Morgan fingerprint density at radius 1 is 1.15 bits per heavy atom. The van der Waals surface area contributed by atoms with Crippen LogP contribution < -0.4 is 16.6 Å². The molecule has 33 heavy (non-hydrogen) atoms. The lowest BCUT2D eigenvalue weighted by Gasteiger charge is -2.22. The lowest BCUT2D eigenvalue weighted by Crippen LogP contribution is -2.29. The van der Waals surface area contributed by atoms with Gasteiger partial charge in [0, 0.05) is 6.07 Å². The predicted octanol–water partition coefficient (Wildman–Crippen LogP) is 3.99. The van der Waals surface area contributed by atoms with Crippen LogP contribution in [0, 0.1) is 0 Å². The number of hydrogen-bond acceptors (Lipinski definition) is 8. The van der Waals surface area contributed by atoms with Crippen LogP contribution in [0.4, 0.5) is 11.8 Å². The van der Waals surface area contributed by atoms with Crippen LogP contribution in [0.3, 0.4) is 0 Å². The molecule has 0 spiro atoms. The fourth-order valence-electron chi connectivity index (χ4n) is 3.60. The summed E-state index contributed by atoms with van der Waals surface area (Å²) < 4.78 is 2.01. The maximum atomic E-state index is 13.6. The van der Waals surface area contributed by atoms with Crippen LogP contribution in [0.1, 0.15) is 25.2 Å². The van der Waals surface area contributed by atoms with E-state index in [9.17, 15) is 4.79 Å². The van der Waals surface area contributed by atoms with Crippen molar-refractivity contribution in [3.8, 4) is 5.82 Å². The van der Waals surface area contributed by atoms with E-state index in [0.717, 1.165) is 0 Å². The maximum absolute atomic E-state index is 13.6. The summed E-state index contributed by atoms with van der Waals surface area (Å²) in [7, 11) is 0. The fourth-order valence-corrected chi connectivity index (χ4v) is 4.49. The number of nitrogens with two attached hydrogens (primary N) is 1. The third kappa shape index (κ3) is 3.59. The molecule has 1 unspecified atom stereocenters. The average molecular weight is 550 g/mol. The van der Waals surface area contributed by atoms with E-state index >= 15 is 0 Å². The molecular formula is C19H15BrCl2N10O. The molecule has 0 bridgehead atoms. The van der Waals surface area contributed by atoms with Gasteiger partial charge in [-0.2, -0.15) is 20.2 Å². The van der Waals surface area contributed by atoms with E-state index in [-0.39, 0.29) is 21.9 Å². The summed E-state index contributed by atoms with van der Waals surface area (Å²) in [6.45, 7) is 1.94. The largest absolute Gasteiger partial charge is 0.368 e. The number of anilines is 2. The molecule has 0 saturated carbocycles. The molecule has 0 fully saturated rings. The Labute approximate surface area is 203 Å². The molecule has 0 aliphatic heterocycles. The predicted molar refractivity (Wildman–Crippen MR) is 130 cm³/mol. The van der Waals surface area contributed by atoms with Crippen LogP contribution in [-0.4, -0.2) is 39.9 Å². The van der Waals surface area contributed by atoms with Gasteiger partial charge in [0.15, 0.2) is 5.65 Å². The van der Waals surface area contributed by atoms with Gasteiger partial charge in [-0.25, -0.2) is 9.55 Å². The van der Waals surface area contributed by atoms with Gasteiger partial charge in [0.1, 0.15) is 22.1 Å². The topological polar surface area (TPSA) is 156 Å². The molecule has 1 atom stereocenters. The van der Waals surface area contributed by atoms with E-state index in [1.807, 2.05) is 6.92 Å². The van der Waals surface area contributed by atoms with Crippen molar-refractivity contribution in [1.82, 2.24) is 39.9 Å². The molecule has 14 heteroatoms. The van der Waals surface area contributed by atoms with Crippen molar-refractivity contribution in [2.24, 2.45) is 0 Å². The number of halogens is 3. The summed E-state index contributed by atoms with van der Waals surface area (Å²) >= 11 is 16.2. The van der Waals surface area contributed by atoms with Crippen molar-refractivity contribution < 1.29 is 0 Å². The Morgan fingerprint density at radius 2 is 1.94 bits per heavy atom. The van der Waals surface area contributed by atoms with Gasteiger partial charge in [-0.15, -0.1) is 0 Å². The third-order valence-electron chi connectivity index (χ3n) is 5.09. The zero-order chi connectivity index (χ0) is 23.3. The van der Waals surface area contributed by atoms with E-state index in [4.69, 9.17) is 33.9 Å². The van der Waals surface area contributed by atoms with Crippen molar-refractivity contribution in [1.29, 1.82) is 0 Å². The molecule has 0 radical (unpaired) electrons. The molecule has 1 aromatic carbocycles. The summed E-state index contributed by atoms with van der Waals surface area (Å²) in [5, 5.41) is 18.4. The number of hydrogen-bond donors (Lipinski definition) is 4. The van der Waals surface area contributed by atoms with Crippen LogP contribution in [-0.2, 0) is 0 Å². The summed E-state index contributed by atoms with van der Waals surface area (Å²) in [5.41, 5.74) is 6.19. The highest BCUT2D eigenvalue weighted by molar-refractivity contribution is 9.10. The molecule has 0 aliphatic carbocycles. The number of aromatic nitrogens is 8. The Hall–Kier alpha value is -3.22. The molecule has 11 nitrogen and oxygen atoms in total. The smallest absolute Gasteiger partial charge is 0.268 e. The number of H-pyrrole nitrogens is 2. The zero-order valence-electron chi connectivity index (χ0n) is 16.9. The highest BCUT2D eigenvalue weighted by Crippen LogP contribution is 2.32. The first-order chi connectivity index (χ1) is 15.9. The molecule has 4 aromatic heterocycles. The summed E-state index contributed by atoms with van der Waals surface area (Å²) in [6, 6.07) is 4.35. The number of aromatic amines is 2. The second kappa shape index (κ2) is 8.28. The van der Waals surface area contributed by atoms with Crippen LogP contribution in [0.15, 0.2) is 33.8 Å². The van der Waals surface area contributed by atoms with E-state index < -0.39 is 6.04 Å². The quantitative estimate of drug-likeness (QED) is 0.256. The minimum absolute atomic E-state index is 0.0473. The lowest BCUT2D eigenvalue weighted by molar-refractivity contribution is 0.653. The zero-order valence-corrected chi connectivity index (χ0v) is 20.0. The van der Waals surface area contributed by atoms with Gasteiger partial charge in [-0.3, -0.25) is 15.0 Å². The molecule has 5 N–H and O–H groups in total. The molecule has 0 aliphatic rings. The fraction of sp³-hybridized carbons (Fsp3) is 0.158. The third-order valence-corrected chi connectivity index (χ3v) is 6.29. The van der Waals surface area contributed by atoms with Gasteiger partial charge >= 0.3 is 0 Å². The van der Waals surface area contributed by atoms with Crippen LogP contribution in [0.5, 0.6) is 0 Å². The summed E-state index contributed by atoms with van der Waals surface area (Å²) in [4.78, 5) is 26.8. The number of nitrogens with zero attached hydrogens (tertiary/aromatic N) is 6. The average Bonchev–Trinajstić information content (AvgIpc) is 3.44. The number of nitrogen functional groups attached to an aromatic ring is 1. The Balaban J connectivity index is 1.77. The molecule has 4 heterocycles. The van der Waals surface area contributed by atoms with E-state index in [2.05, 4.69) is 51.6 Å². The first kappa shape index (κ1) is 21.6. The standard InChI is InChI=1S/C19H15BrCl2N10O/c1-2-9(25-15-12-14(20)30-31-16(12)28-19(23)27-15)17-26-13-8(22)4-3-7(21)11(13)18(33)32(17)10-5-6-24-29-10/h3-6,9H,2H2,1H3,(H,24,29)(H4,23,25,27,28,30,31). The number of nitrogens with one attached hydrogen (secondary N) is 3. The molecule has 5 aromatic rings. The van der Waals surface area contributed by atoms with Crippen molar-refractivity contribution in [2.45, 2.75) is 19.4 Å². The van der Waals surface area contributed by atoms with Crippen LogP contribution in [0.25, 0.3) is 27.8 Å². The summed E-state index contributed by atoms with van der Waals surface area (Å²) in [6.07, 6.45) is 2.08. The van der Waals surface area contributed by atoms with E-state index in [1.54, 1.807) is 24.4 Å². The first-order valence-electron chi connectivity index (χ1n) is 9.73. The van der Waals surface area contributed by atoms with Gasteiger partial charge in [0.05, 0.1) is 38.6 Å². The Bertz CT molecular complexity index is 1560. The van der Waals surface area contributed by atoms with Crippen LogP contribution >= 0.6 is 39.1 Å². The number of benzene rings is 1. The highest BCUT2D eigenvalue weighted by Gasteiger charge is 2.25. The maximum Gasteiger partial charge on any atom is 0.268 e. The van der Waals surface area contributed by atoms with Gasteiger partial charge < -0.3 is 11.1 Å². The number of fused-ring (bicyclic) bond motifs is 2. The monoisotopic (exact) mass is 548 g/mol. The SMILES string of the molecule is CCC(Nc1nc(N)nc2n[nH]c(Br)c12)c1nc2c(Cl)ccc(Cl)c2c(=O)n1-c1ccn[nH]1. The second-order valence-corrected chi connectivity index (χ2v) is 8.68. The Morgan fingerprint density at radius 3 is 2.67 bits per heavy atom.